The van der Waals surface area contributed by atoms with Crippen LogP contribution in [0.1, 0.15) is 41.5 Å². The van der Waals surface area contributed by atoms with E-state index < -0.39 is 38.6 Å². The van der Waals surface area contributed by atoms with Gasteiger partial charge in [-0.2, -0.15) is 0 Å². The maximum atomic E-state index is 12.0. The quantitative estimate of drug-likeness (QED) is 0.762. The van der Waals surface area contributed by atoms with Gasteiger partial charge in [0.2, 0.25) is 5.91 Å². The molecule has 20 heavy (non-hydrogen) atoms. The number of ether oxygens (including phenoxy) is 1. The molecule has 0 bridgehead atoms. The first-order chi connectivity index (χ1) is 8.75. The Labute approximate surface area is 121 Å². The Hall–Kier alpha value is -1.11. The third kappa shape index (κ3) is 6.36. The lowest BCUT2D eigenvalue weighted by Gasteiger charge is -2.27. The summed E-state index contributed by atoms with van der Waals surface area (Å²) in [6.45, 7) is 9.97. The second-order valence-electron chi connectivity index (χ2n) is 6.24. The van der Waals surface area contributed by atoms with Crippen molar-refractivity contribution in [1.29, 1.82) is 0 Å². The number of hydrogen-bond donors (Lipinski definition) is 1. The smallest absolute Gasteiger partial charge is 0.329 e. The molecule has 2 atom stereocenters. The summed E-state index contributed by atoms with van der Waals surface area (Å²) in [5.74, 6) is -1.47. The Kier molecular flexibility index (Phi) is 6.20. The lowest BCUT2D eigenvalue weighted by molar-refractivity contribution is -0.159. The van der Waals surface area contributed by atoms with Crippen LogP contribution in [0.25, 0.3) is 0 Å². The highest BCUT2D eigenvalue weighted by atomic mass is 32.2. The minimum atomic E-state index is -3.50. The molecule has 0 heterocycles. The van der Waals surface area contributed by atoms with Crippen LogP contribution in [-0.2, 0) is 24.2 Å². The lowest BCUT2D eigenvalue weighted by atomic mass is 10.0. The minimum absolute atomic E-state index is 0.208. The average Bonchev–Trinajstić information content (AvgIpc) is 2.19. The van der Waals surface area contributed by atoms with Gasteiger partial charge in [-0.05, 0) is 33.6 Å². The van der Waals surface area contributed by atoms with Crippen LogP contribution in [0, 0.1) is 5.92 Å². The van der Waals surface area contributed by atoms with Gasteiger partial charge in [-0.3, -0.25) is 4.79 Å². The fourth-order valence-electron chi connectivity index (χ4n) is 1.33. The summed E-state index contributed by atoms with van der Waals surface area (Å²) in [7, 11) is -3.50. The molecule has 1 unspecified atom stereocenters. The first-order valence-electron chi connectivity index (χ1n) is 6.48. The number of nitrogens with one attached hydrogen (secondary N) is 1. The highest BCUT2D eigenvalue weighted by Crippen LogP contribution is 2.13. The average molecular weight is 307 g/mol. The van der Waals surface area contributed by atoms with E-state index in [4.69, 9.17) is 4.74 Å². The summed E-state index contributed by atoms with van der Waals surface area (Å²) in [6, 6.07) is -0.870. The van der Waals surface area contributed by atoms with Crippen LogP contribution in [0.4, 0.5) is 0 Å². The molecule has 6 nitrogen and oxygen atoms in total. The van der Waals surface area contributed by atoms with E-state index in [2.05, 4.69) is 5.32 Å². The molecule has 0 aromatic rings. The van der Waals surface area contributed by atoms with E-state index in [0.717, 1.165) is 6.26 Å². The molecule has 0 saturated carbocycles. The summed E-state index contributed by atoms with van der Waals surface area (Å²) in [6.07, 6.45) is 0.981. The van der Waals surface area contributed by atoms with Gasteiger partial charge in [0, 0.05) is 6.26 Å². The molecule has 0 spiro atoms. The molecule has 0 rings (SSSR count). The molecular weight excluding hydrogens is 282 g/mol. The summed E-state index contributed by atoms with van der Waals surface area (Å²) >= 11 is 0. The van der Waals surface area contributed by atoms with Crippen molar-refractivity contribution in [2.75, 3.05) is 6.26 Å². The zero-order valence-electron chi connectivity index (χ0n) is 13.2. The van der Waals surface area contributed by atoms with Gasteiger partial charge in [0.25, 0.3) is 0 Å². The van der Waals surface area contributed by atoms with Gasteiger partial charge in [-0.15, -0.1) is 0 Å². The Morgan fingerprint density at radius 3 is 1.85 bits per heavy atom. The van der Waals surface area contributed by atoms with Crippen molar-refractivity contribution in [2.24, 2.45) is 5.92 Å². The van der Waals surface area contributed by atoms with E-state index in [1.54, 1.807) is 34.6 Å². The van der Waals surface area contributed by atoms with Crippen LogP contribution >= 0.6 is 0 Å². The predicted octanol–water partition coefficient (Wildman–Crippen LogP) is 0.902. The van der Waals surface area contributed by atoms with E-state index in [1.165, 1.54) is 6.92 Å². The third-order valence-corrected chi connectivity index (χ3v) is 4.14. The van der Waals surface area contributed by atoms with Crippen LogP contribution in [0.2, 0.25) is 0 Å². The highest BCUT2D eigenvalue weighted by molar-refractivity contribution is 7.92. The van der Waals surface area contributed by atoms with E-state index in [-0.39, 0.29) is 5.92 Å². The molecule has 0 aliphatic carbocycles. The van der Waals surface area contributed by atoms with Crippen molar-refractivity contribution in [3.63, 3.8) is 0 Å². The topological polar surface area (TPSA) is 89.5 Å². The van der Waals surface area contributed by atoms with Gasteiger partial charge in [0.15, 0.2) is 9.84 Å². The number of amides is 1. The van der Waals surface area contributed by atoms with Gasteiger partial charge >= 0.3 is 5.97 Å². The Morgan fingerprint density at radius 2 is 1.55 bits per heavy atom. The molecular formula is C13H25NO5S. The van der Waals surface area contributed by atoms with Crippen molar-refractivity contribution in [3.05, 3.63) is 0 Å². The van der Waals surface area contributed by atoms with Crippen LogP contribution in [-0.4, -0.2) is 43.4 Å². The number of hydrogen-bond acceptors (Lipinski definition) is 5. The summed E-state index contributed by atoms with van der Waals surface area (Å²) in [5, 5.41) is 1.25. The zero-order chi connectivity index (χ0) is 16.3. The molecule has 0 aromatic heterocycles. The Bertz CT molecular complexity index is 462. The normalized spacial score (nSPS) is 15.6. The van der Waals surface area contributed by atoms with Crippen LogP contribution < -0.4 is 5.32 Å². The van der Waals surface area contributed by atoms with E-state index in [1.807, 2.05) is 0 Å². The molecule has 0 aliphatic rings. The number of esters is 1. The molecule has 118 valence electrons. The summed E-state index contributed by atoms with van der Waals surface area (Å²) in [5.41, 5.74) is -0.669. The van der Waals surface area contributed by atoms with Gasteiger partial charge in [-0.1, -0.05) is 13.8 Å². The number of carbonyl (C=O) groups excluding carboxylic acids is 2. The molecule has 0 fully saturated rings. The van der Waals surface area contributed by atoms with Crippen molar-refractivity contribution < 1.29 is 22.7 Å². The molecule has 0 aromatic carbocycles. The predicted molar refractivity (Wildman–Crippen MR) is 76.9 cm³/mol. The van der Waals surface area contributed by atoms with Gasteiger partial charge < -0.3 is 10.1 Å². The number of sulfone groups is 1. The van der Waals surface area contributed by atoms with E-state index in [0.29, 0.717) is 0 Å². The fraction of sp³-hybridized carbons (Fsp3) is 0.846. The van der Waals surface area contributed by atoms with E-state index in [9.17, 15) is 18.0 Å². The van der Waals surface area contributed by atoms with Crippen molar-refractivity contribution >= 4 is 21.7 Å². The fourth-order valence-corrected chi connectivity index (χ4v) is 1.78. The SMILES string of the molecule is CC(C)[C@@H](NC(=O)C(C)S(C)(=O)=O)C(=O)OC(C)(C)C. The van der Waals surface area contributed by atoms with Crippen LogP contribution in [0.15, 0.2) is 0 Å². The maximum Gasteiger partial charge on any atom is 0.329 e. The summed E-state index contributed by atoms with van der Waals surface area (Å²) < 4.78 is 27.9. The first-order valence-corrected chi connectivity index (χ1v) is 8.43. The third-order valence-electron chi connectivity index (χ3n) is 2.64. The van der Waals surface area contributed by atoms with Gasteiger partial charge in [0.1, 0.15) is 16.9 Å². The van der Waals surface area contributed by atoms with Crippen LogP contribution in [0.3, 0.4) is 0 Å². The van der Waals surface area contributed by atoms with Crippen molar-refractivity contribution in [1.82, 2.24) is 5.32 Å². The largest absolute Gasteiger partial charge is 0.458 e. The molecule has 0 aliphatic heterocycles. The second kappa shape index (κ2) is 6.56. The van der Waals surface area contributed by atoms with Crippen LogP contribution in [0.5, 0.6) is 0 Å². The van der Waals surface area contributed by atoms with Gasteiger partial charge in [0.05, 0.1) is 0 Å². The first kappa shape index (κ1) is 18.9. The highest BCUT2D eigenvalue weighted by Gasteiger charge is 2.32. The molecule has 7 heteroatoms. The van der Waals surface area contributed by atoms with Crippen molar-refractivity contribution in [3.8, 4) is 0 Å². The standard InChI is InChI=1S/C13H25NO5S/c1-8(2)10(12(16)19-13(4,5)6)14-11(15)9(3)20(7,17)18/h8-10H,1-7H3,(H,14,15)/t9?,10-/m1/s1. The van der Waals surface area contributed by atoms with E-state index >= 15 is 0 Å². The van der Waals surface area contributed by atoms with Crippen molar-refractivity contribution in [2.45, 2.75) is 58.4 Å². The lowest BCUT2D eigenvalue weighted by Crippen LogP contribution is -2.50. The molecule has 1 N–H and O–H groups in total. The number of rotatable bonds is 5. The number of carbonyl (C=O) groups is 2. The Morgan fingerprint density at radius 1 is 1.10 bits per heavy atom. The molecule has 1 amide bonds. The summed E-state index contributed by atoms with van der Waals surface area (Å²) in [4.78, 5) is 23.9. The minimum Gasteiger partial charge on any atom is -0.458 e. The monoisotopic (exact) mass is 307 g/mol. The molecule has 0 radical (unpaired) electrons. The zero-order valence-corrected chi connectivity index (χ0v) is 14.0. The molecule has 0 saturated heterocycles. The second-order valence-corrected chi connectivity index (χ2v) is 8.60. The van der Waals surface area contributed by atoms with Gasteiger partial charge in [-0.25, -0.2) is 13.2 Å². The Balaban J connectivity index is 4.98. The maximum absolute atomic E-state index is 12.0.